The van der Waals surface area contributed by atoms with E-state index in [-0.39, 0.29) is 11.7 Å². The predicted molar refractivity (Wildman–Crippen MR) is 109 cm³/mol. The van der Waals surface area contributed by atoms with Crippen LogP contribution in [0.25, 0.3) is 11.0 Å². The fraction of sp³-hybridized carbons (Fsp3) is 0.550. The minimum Gasteiger partial charge on any atom is -0.423 e. The number of nitrogens with one attached hydrogen (secondary N) is 2. The molecule has 1 aliphatic rings. The van der Waals surface area contributed by atoms with Gasteiger partial charge in [0.1, 0.15) is 5.58 Å². The molecule has 1 saturated carbocycles. The summed E-state index contributed by atoms with van der Waals surface area (Å²) in [7, 11) is -3.20. The van der Waals surface area contributed by atoms with Gasteiger partial charge in [0.15, 0.2) is 0 Å². The Hall–Kier alpha value is -1.86. The molecule has 1 aromatic carbocycles. The van der Waals surface area contributed by atoms with E-state index in [9.17, 15) is 13.2 Å². The van der Waals surface area contributed by atoms with Crippen molar-refractivity contribution in [1.82, 2.24) is 4.72 Å². The lowest BCUT2D eigenvalue weighted by Gasteiger charge is -2.29. The number of hydrogen-bond donors (Lipinski definition) is 2. The molecule has 1 heterocycles. The second-order valence-electron chi connectivity index (χ2n) is 7.77. The van der Waals surface area contributed by atoms with E-state index >= 15 is 0 Å². The number of sulfonamides is 1. The number of rotatable bonds is 6. The molecule has 148 valence electrons. The van der Waals surface area contributed by atoms with Gasteiger partial charge in [-0.25, -0.2) is 17.9 Å². The molecule has 3 rings (SSSR count). The van der Waals surface area contributed by atoms with E-state index in [1.165, 1.54) is 6.07 Å². The van der Waals surface area contributed by atoms with Gasteiger partial charge in [-0.1, -0.05) is 0 Å². The second kappa shape index (κ2) is 8.02. The fourth-order valence-corrected chi connectivity index (χ4v) is 4.52. The Balaban J connectivity index is 1.55. The third-order valence-corrected chi connectivity index (χ3v) is 7.25. The van der Waals surface area contributed by atoms with Crippen molar-refractivity contribution in [3.05, 3.63) is 40.2 Å². The van der Waals surface area contributed by atoms with Crippen molar-refractivity contribution < 1.29 is 12.8 Å². The molecule has 1 aromatic heterocycles. The average molecular weight is 393 g/mol. The summed E-state index contributed by atoms with van der Waals surface area (Å²) in [5, 5.41) is 3.97. The van der Waals surface area contributed by atoms with Crippen LogP contribution in [0.15, 0.2) is 33.5 Å². The zero-order valence-corrected chi connectivity index (χ0v) is 16.9. The van der Waals surface area contributed by atoms with E-state index in [1.54, 1.807) is 13.8 Å². The monoisotopic (exact) mass is 392 g/mol. The highest BCUT2D eigenvalue weighted by Gasteiger charge is 2.26. The summed E-state index contributed by atoms with van der Waals surface area (Å²) in [5.41, 5.74) is 2.10. The normalized spacial score (nSPS) is 20.9. The molecule has 0 bridgehead atoms. The standard InChI is InChI=1S/C20H28N2O4S/c1-13(2)27(24,25)22-16-6-4-15(5-7-16)12-21-17-8-9-18-14(3)10-20(23)26-19(18)11-17/h8-11,13,15-16,21-22H,4-7,12H2,1-3H3/t15-,16-. The molecule has 2 aromatic rings. The van der Waals surface area contributed by atoms with Gasteiger partial charge in [0, 0.05) is 35.8 Å². The molecule has 7 heteroatoms. The number of hydrogen-bond acceptors (Lipinski definition) is 5. The van der Waals surface area contributed by atoms with Crippen LogP contribution in [0.3, 0.4) is 0 Å². The largest absolute Gasteiger partial charge is 0.423 e. The molecule has 2 N–H and O–H groups in total. The summed E-state index contributed by atoms with van der Waals surface area (Å²) in [6.45, 7) is 6.12. The van der Waals surface area contributed by atoms with Crippen molar-refractivity contribution in [3.63, 3.8) is 0 Å². The van der Waals surface area contributed by atoms with E-state index in [1.807, 2.05) is 25.1 Å². The Labute approximate surface area is 160 Å². The first-order valence-electron chi connectivity index (χ1n) is 9.54. The molecule has 0 unspecified atom stereocenters. The summed E-state index contributed by atoms with van der Waals surface area (Å²) >= 11 is 0. The molecular weight excluding hydrogens is 364 g/mol. The molecule has 0 amide bonds. The summed E-state index contributed by atoms with van der Waals surface area (Å²) in [4.78, 5) is 11.6. The molecule has 6 nitrogen and oxygen atoms in total. The minimum atomic E-state index is -3.20. The van der Waals surface area contributed by atoms with Crippen LogP contribution in [0.5, 0.6) is 0 Å². The average Bonchev–Trinajstić information content (AvgIpc) is 2.60. The Bertz CT molecular complexity index is 958. The van der Waals surface area contributed by atoms with Gasteiger partial charge in [0.25, 0.3) is 0 Å². The maximum atomic E-state index is 12.0. The van der Waals surface area contributed by atoms with Gasteiger partial charge >= 0.3 is 5.63 Å². The van der Waals surface area contributed by atoms with Crippen molar-refractivity contribution in [2.24, 2.45) is 5.92 Å². The molecule has 0 atom stereocenters. The van der Waals surface area contributed by atoms with Crippen LogP contribution >= 0.6 is 0 Å². The molecule has 1 fully saturated rings. The topological polar surface area (TPSA) is 88.4 Å². The van der Waals surface area contributed by atoms with Gasteiger partial charge in [0.05, 0.1) is 5.25 Å². The van der Waals surface area contributed by atoms with Crippen LogP contribution in [0.4, 0.5) is 5.69 Å². The first kappa shape index (κ1) is 19.9. The lowest BCUT2D eigenvalue weighted by molar-refractivity contribution is 0.323. The summed E-state index contributed by atoms with van der Waals surface area (Å²) in [5.74, 6) is 0.505. The molecule has 0 aliphatic heterocycles. The highest BCUT2D eigenvalue weighted by Crippen LogP contribution is 2.26. The molecular formula is C20H28N2O4S. The molecule has 0 saturated heterocycles. The number of benzene rings is 1. The highest BCUT2D eigenvalue weighted by atomic mass is 32.2. The van der Waals surface area contributed by atoms with Crippen molar-refractivity contribution in [2.45, 2.75) is 57.7 Å². The lowest BCUT2D eigenvalue weighted by Crippen LogP contribution is -2.41. The Morgan fingerprint density at radius 1 is 1.15 bits per heavy atom. The number of fused-ring (bicyclic) bond motifs is 1. The van der Waals surface area contributed by atoms with E-state index in [0.29, 0.717) is 11.5 Å². The van der Waals surface area contributed by atoms with Crippen molar-refractivity contribution in [3.8, 4) is 0 Å². The van der Waals surface area contributed by atoms with E-state index in [2.05, 4.69) is 10.0 Å². The van der Waals surface area contributed by atoms with Gasteiger partial charge < -0.3 is 9.73 Å². The maximum absolute atomic E-state index is 12.0. The summed E-state index contributed by atoms with van der Waals surface area (Å²) in [6, 6.07) is 7.38. The maximum Gasteiger partial charge on any atom is 0.336 e. The second-order valence-corrected chi connectivity index (χ2v) is 10.0. The van der Waals surface area contributed by atoms with Crippen LogP contribution in [0, 0.1) is 12.8 Å². The molecule has 0 radical (unpaired) electrons. The lowest BCUT2D eigenvalue weighted by atomic mass is 9.86. The van der Waals surface area contributed by atoms with Crippen LogP contribution < -0.4 is 15.7 Å². The van der Waals surface area contributed by atoms with Gasteiger partial charge in [-0.15, -0.1) is 0 Å². The van der Waals surface area contributed by atoms with E-state index in [0.717, 1.165) is 48.9 Å². The Morgan fingerprint density at radius 3 is 2.52 bits per heavy atom. The number of anilines is 1. The van der Waals surface area contributed by atoms with Crippen LogP contribution in [-0.2, 0) is 10.0 Å². The smallest absolute Gasteiger partial charge is 0.336 e. The van der Waals surface area contributed by atoms with Gasteiger partial charge in [-0.2, -0.15) is 0 Å². The first-order chi connectivity index (χ1) is 12.7. The van der Waals surface area contributed by atoms with E-state index < -0.39 is 15.3 Å². The summed E-state index contributed by atoms with van der Waals surface area (Å²) in [6.07, 6.45) is 3.70. The van der Waals surface area contributed by atoms with Crippen molar-refractivity contribution >= 4 is 26.7 Å². The third kappa shape index (κ3) is 4.90. The highest BCUT2D eigenvalue weighted by molar-refractivity contribution is 7.90. The molecule has 1 aliphatic carbocycles. The van der Waals surface area contributed by atoms with Gasteiger partial charge in [-0.05, 0) is 70.1 Å². The van der Waals surface area contributed by atoms with Crippen LogP contribution in [0.2, 0.25) is 0 Å². The van der Waals surface area contributed by atoms with E-state index in [4.69, 9.17) is 4.42 Å². The molecule has 27 heavy (non-hydrogen) atoms. The fourth-order valence-electron chi connectivity index (χ4n) is 3.55. The van der Waals surface area contributed by atoms with Gasteiger partial charge in [0.2, 0.25) is 10.0 Å². The minimum absolute atomic E-state index is 0.0477. The summed E-state index contributed by atoms with van der Waals surface area (Å²) < 4.78 is 32.1. The van der Waals surface area contributed by atoms with Gasteiger partial charge in [-0.3, -0.25) is 0 Å². The first-order valence-corrected chi connectivity index (χ1v) is 11.1. The van der Waals surface area contributed by atoms with Crippen LogP contribution in [0.1, 0.15) is 45.1 Å². The Kier molecular flexibility index (Phi) is 5.91. The quantitative estimate of drug-likeness (QED) is 0.736. The molecule has 0 spiro atoms. The zero-order valence-electron chi connectivity index (χ0n) is 16.1. The predicted octanol–water partition coefficient (Wildman–Crippen LogP) is 3.40. The zero-order chi connectivity index (χ0) is 19.6. The van der Waals surface area contributed by atoms with Crippen LogP contribution in [-0.4, -0.2) is 26.3 Å². The SMILES string of the molecule is Cc1cc(=O)oc2cc(NC[C@H]3CC[C@H](NS(=O)(=O)C(C)C)CC3)ccc12. The Morgan fingerprint density at radius 2 is 1.85 bits per heavy atom. The third-order valence-electron chi connectivity index (χ3n) is 5.34. The van der Waals surface area contributed by atoms with Crippen molar-refractivity contribution in [2.75, 3.05) is 11.9 Å². The number of aryl methyl sites for hydroxylation is 1. The van der Waals surface area contributed by atoms with Crippen molar-refractivity contribution in [1.29, 1.82) is 0 Å².